The van der Waals surface area contributed by atoms with E-state index >= 15 is 0 Å². The van der Waals surface area contributed by atoms with Gasteiger partial charge >= 0.3 is 0 Å². The first-order chi connectivity index (χ1) is 10.4. The van der Waals surface area contributed by atoms with E-state index in [-0.39, 0.29) is 11.1 Å². The Labute approximate surface area is 133 Å². The smallest absolute Gasteiger partial charge is 0.278 e. The number of nitrogens with two attached hydrogens (primary N) is 1. The van der Waals surface area contributed by atoms with Crippen molar-refractivity contribution >= 4 is 46.6 Å². The highest BCUT2D eigenvalue weighted by Crippen LogP contribution is 2.34. The van der Waals surface area contributed by atoms with Gasteiger partial charge in [0.05, 0.1) is 0 Å². The number of rotatable bonds is 1. The maximum atomic E-state index is 12.5. The van der Waals surface area contributed by atoms with E-state index in [4.69, 9.17) is 28.9 Å². The SMILES string of the molecule is NC1=C(N2C(=O)C(Cl)=C(Cl)C2=O)C(=O)c2ccccc2C1=O. The summed E-state index contributed by atoms with van der Waals surface area (Å²) in [4.78, 5) is 49.2. The highest BCUT2D eigenvalue weighted by atomic mass is 35.5. The lowest BCUT2D eigenvalue weighted by Crippen LogP contribution is -2.40. The fraction of sp³-hybridized carbons (Fsp3) is 0. The molecular formula is C14H6Cl2N2O4. The fourth-order valence-corrected chi connectivity index (χ4v) is 2.61. The van der Waals surface area contributed by atoms with Gasteiger partial charge in [0.1, 0.15) is 21.5 Å². The predicted molar refractivity (Wildman–Crippen MR) is 76.9 cm³/mol. The van der Waals surface area contributed by atoms with Crippen LogP contribution >= 0.6 is 23.2 Å². The predicted octanol–water partition coefficient (Wildman–Crippen LogP) is 1.29. The van der Waals surface area contributed by atoms with Crippen LogP contribution in [0.25, 0.3) is 0 Å². The number of carbonyl (C=O) groups is 4. The number of halogens is 2. The van der Waals surface area contributed by atoms with E-state index in [1.54, 1.807) is 12.1 Å². The Morgan fingerprint density at radius 1 is 0.818 bits per heavy atom. The van der Waals surface area contributed by atoms with Gasteiger partial charge in [0.25, 0.3) is 11.8 Å². The molecule has 1 heterocycles. The molecule has 0 radical (unpaired) electrons. The van der Waals surface area contributed by atoms with Crippen LogP contribution in [-0.4, -0.2) is 28.3 Å². The van der Waals surface area contributed by atoms with Gasteiger partial charge in [-0.25, -0.2) is 4.90 Å². The van der Waals surface area contributed by atoms with Crippen LogP contribution in [-0.2, 0) is 9.59 Å². The van der Waals surface area contributed by atoms with Crippen LogP contribution in [0.3, 0.4) is 0 Å². The van der Waals surface area contributed by atoms with Gasteiger partial charge in [0.2, 0.25) is 11.6 Å². The molecule has 1 aromatic rings. The summed E-state index contributed by atoms with van der Waals surface area (Å²) in [5.74, 6) is -3.35. The minimum Gasteiger partial charge on any atom is -0.394 e. The Bertz CT molecular complexity index is 830. The van der Waals surface area contributed by atoms with Crippen LogP contribution in [0.15, 0.2) is 45.7 Å². The molecule has 0 spiro atoms. The van der Waals surface area contributed by atoms with E-state index in [1.165, 1.54) is 12.1 Å². The summed E-state index contributed by atoms with van der Waals surface area (Å²) < 4.78 is 0. The zero-order chi connectivity index (χ0) is 16.2. The van der Waals surface area contributed by atoms with Gasteiger partial charge in [-0.15, -0.1) is 0 Å². The van der Waals surface area contributed by atoms with Gasteiger partial charge in [-0.3, -0.25) is 19.2 Å². The van der Waals surface area contributed by atoms with E-state index in [1.807, 2.05) is 0 Å². The van der Waals surface area contributed by atoms with Crippen molar-refractivity contribution in [2.75, 3.05) is 0 Å². The molecule has 0 saturated carbocycles. The number of Topliss-reactive ketones (excluding diaryl/α,β-unsaturated/α-hetero) is 2. The molecule has 0 aromatic heterocycles. The summed E-state index contributed by atoms with van der Waals surface area (Å²) in [6.07, 6.45) is 0. The summed E-state index contributed by atoms with van der Waals surface area (Å²) in [7, 11) is 0. The Morgan fingerprint density at radius 3 is 1.77 bits per heavy atom. The highest BCUT2D eigenvalue weighted by Gasteiger charge is 2.45. The van der Waals surface area contributed by atoms with Gasteiger partial charge in [-0.05, 0) is 0 Å². The molecule has 1 aliphatic carbocycles. The average molecular weight is 337 g/mol. The van der Waals surface area contributed by atoms with Crippen LogP contribution in [0, 0.1) is 0 Å². The third-order valence-corrected chi connectivity index (χ3v) is 4.13. The molecule has 0 atom stereocenters. The van der Waals surface area contributed by atoms with Crippen molar-refractivity contribution in [1.29, 1.82) is 0 Å². The summed E-state index contributed by atoms with van der Waals surface area (Å²) >= 11 is 11.3. The Hall–Kier alpha value is -2.44. The molecule has 1 aromatic carbocycles. The lowest BCUT2D eigenvalue weighted by Gasteiger charge is -2.23. The van der Waals surface area contributed by atoms with E-state index in [2.05, 4.69) is 0 Å². The van der Waals surface area contributed by atoms with E-state index in [0.29, 0.717) is 4.90 Å². The first-order valence-electron chi connectivity index (χ1n) is 5.98. The molecular weight excluding hydrogens is 331 g/mol. The number of ketones is 2. The van der Waals surface area contributed by atoms with Crippen LogP contribution in [0.1, 0.15) is 20.7 Å². The molecule has 2 aliphatic rings. The molecule has 110 valence electrons. The van der Waals surface area contributed by atoms with Gasteiger partial charge in [-0.2, -0.15) is 0 Å². The topological polar surface area (TPSA) is 97.5 Å². The number of carbonyl (C=O) groups excluding carboxylic acids is 4. The van der Waals surface area contributed by atoms with Gasteiger partial charge in [0, 0.05) is 11.1 Å². The molecule has 0 unspecified atom stereocenters. The number of fused-ring (bicyclic) bond motifs is 1. The Balaban J connectivity index is 2.19. The molecule has 22 heavy (non-hydrogen) atoms. The molecule has 2 N–H and O–H groups in total. The molecule has 8 heteroatoms. The van der Waals surface area contributed by atoms with Gasteiger partial charge in [0.15, 0.2) is 0 Å². The highest BCUT2D eigenvalue weighted by molar-refractivity contribution is 6.59. The standard InChI is InChI=1S/C14H6Cl2N2O4/c15-7-8(16)14(22)18(13(7)21)10-9(17)11(19)5-3-1-2-4-6(5)12(10)20/h1-4H,17H2. The number of benzene rings is 1. The van der Waals surface area contributed by atoms with Crippen LogP contribution < -0.4 is 5.73 Å². The normalized spacial score (nSPS) is 18.5. The fourth-order valence-electron chi connectivity index (χ4n) is 2.28. The van der Waals surface area contributed by atoms with Gasteiger partial charge < -0.3 is 5.73 Å². The summed E-state index contributed by atoms with van der Waals surface area (Å²) in [6.45, 7) is 0. The first kappa shape index (κ1) is 14.5. The molecule has 0 bridgehead atoms. The number of hydrogen-bond donors (Lipinski definition) is 1. The monoisotopic (exact) mass is 336 g/mol. The van der Waals surface area contributed by atoms with Crippen molar-refractivity contribution in [3.05, 3.63) is 56.9 Å². The average Bonchev–Trinajstić information content (AvgIpc) is 2.71. The van der Waals surface area contributed by atoms with Crippen molar-refractivity contribution in [3.8, 4) is 0 Å². The zero-order valence-electron chi connectivity index (χ0n) is 10.7. The number of allylic oxidation sites excluding steroid dienone is 2. The second kappa shape index (κ2) is 4.79. The summed E-state index contributed by atoms with van der Waals surface area (Å²) in [5.41, 5.74) is 4.82. The molecule has 3 rings (SSSR count). The van der Waals surface area contributed by atoms with E-state index in [0.717, 1.165) is 0 Å². The maximum Gasteiger partial charge on any atom is 0.278 e. The number of nitrogens with zero attached hydrogens (tertiary/aromatic N) is 1. The van der Waals surface area contributed by atoms with E-state index < -0.39 is 44.8 Å². The molecule has 6 nitrogen and oxygen atoms in total. The van der Waals surface area contributed by atoms with Crippen LogP contribution in [0.5, 0.6) is 0 Å². The molecule has 0 saturated heterocycles. The number of hydrogen-bond acceptors (Lipinski definition) is 5. The number of imide groups is 1. The maximum absolute atomic E-state index is 12.5. The molecule has 2 amide bonds. The Morgan fingerprint density at radius 2 is 1.27 bits per heavy atom. The quantitative estimate of drug-likeness (QED) is 0.779. The zero-order valence-corrected chi connectivity index (χ0v) is 12.2. The second-order valence-electron chi connectivity index (χ2n) is 4.54. The molecule has 0 fully saturated rings. The first-order valence-corrected chi connectivity index (χ1v) is 6.74. The van der Waals surface area contributed by atoms with Crippen molar-refractivity contribution in [3.63, 3.8) is 0 Å². The lowest BCUT2D eigenvalue weighted by atomic mass is 9.90. The van der Waals surface area contributed by atoms with Crippen molar-refractivity contribution in [1.82, 2.24) is 4.90 Å². The Kier molecular flexibility index (Phi) is 3.16. The molecule has 1 aliphatic heterocycles. The minimum absolute atomic E-state index is 0.0523. The van der Waals surface area contributed by atoms with Crippen LogP contribution in [0.2, 0.25) is 0 Å². The van der Waals surface area contributed by atoms with E-state index in [9.17, 15) is 19.2 Å². The minimum atomic E-state index is -0.991. The van der Waals surface area contributed by atoms with Crippen LogP contribution in [0.4, 0.5) is 0 Å². The van der Waals surface area contributed by atoms with Crippen molar-refractivity contribution in [2.24, 2.45) is 5.73 Å². The second-order valence-corrected chi connectivity index (χ2v) is 5.30. The third kappa shape index (κ3) is 1.74. The largest absolute Gasteiger partial charge is 0.394 e. The number of amides is 2. The van der Waals surface area contributed by atoms with Crippen molar-refractivity contribution < 1.29 is 19.2 Å². The van der Waals surface area contributed by atoms with Crippen molar-refractivity contribution in [2.45, 2.75) is 0 Å². The summed E-state index contributed by atoms with van der Waals surface area (Å²) in [5, 5.41) is -1.04. The third-order valence-electron chi connectivity index (χ3n) is 3.33. The van der Waals surface area contributed by atoms with Gasteiger partial charge in [-0.1, -0.05) is 47.5 Å². The summed E-state index contributed by atoms with van der Waals surface area (Å²) in [6, 6.07) is 5.97. The lowest BCUT2D eigenvalue weighted by molar-refractivity contribution is -0.134.